The second kappa shape index (κ2) is 4.28. The summed E-state index contributed by atoms with van der Waals surface area (Å²) in [4.78, 5) is 23.0. The average molecular weight is 203 g/mol. The smallest absolute Gasteiger partial charge is 0.413 e. The van der Waals surface area contributed by atoms with E-state index >= 15 is 0 Å². The second-order valence-electron chi connectivity index (χ2n) is 3.12. The molecule has 1 saturated heterocycles. The van der Waals surface area contributed by atoms with Crippen LogP contribution in [0, 0.1) is 0 Å². The average Bonchev–Trinajstić information content (AvgIpc) is 1.96. The predicted molar refractivity (Wildman–Crippen MR) is 45.3 cm³/mol. The molecule has 1 aliphatic heterocycles. The molecular formula is C8H13NO5. The number of aliphatic hydroxyl groups is 1. The van der Waals surface area contributed by atoms with Gasteiger partial charge in [0.15, 0.2) is 0 Å². The lowest BCUT2D eigenvalue weighted by atomic mass is 10.2. The lowest BCUT2D eigenvalue weighted by Crippen LogP contribution is -2.54. The van der Waals surface area contributed by atoms with Gasteiger partial charge in [0.05, 0.1) is 19.2 Å². The Labute approximate surface area is 81.4 Å². The number of ether oxygens (including phenoxy) is 2. The van der Waals surface area contributed by atoms with Crippen molar-refractivity contribution in [3.8, 4) is 0 Å². The first-order chi connectivity index (χ1) is 6.49. The molecule has 0 aliphatic carbocycles. The monoisotopic (exact) mass is 203 g/mol. The third-order valence-corrected chi connectivity index (χ3v) is 1.72. The molecule has 0 spiro atoms. The number of rotatable bonds is 2. The van der Waals surface area contributed by atoms with Crippen LogP contribution in [0.3, 0.4) is 0 Å². The zero-order valence-corrected chi connectivity index (χ0v) is 8.10. The molecule has 0 radical (unpaired) electrons. The topological polar surface area (TPSA) is 76.1 Å². The van der Waals surface area contributed by atoms with Crippen LogP contribution < -0.4 is 0 Å². The fourth-order valence-corrected chi connectivity index (χ4v) is 1.08. The molecule has 0 bridgehead atoms. The minimum atomic E-state index is -0.891. The summed E-state index contributed by atoms with van der Waals surface area (Å²) in [5.74, 6) is -0.506. The summed E-state index contributed by atoms with van der Waals surface area (Å²) >= 11 is 0. The van der Waals surface area contributed by atoms with Crippen molar-refractivity contribution in [2.24, 2.45) is 0 Å². The molecular weight excluding hydrogens is 190 g/mol. The van der Waals surface area contributed by atoms with Gasteiger partial charge in [0.25, 0.3) is 0 Å². The molecule has 6 nitrogen and oxygen atoms in total. The number of carbonyl (C=O) groups excluding carboxylic acids is 2. The van der Waals surface area contributed by atoms with Crippen molar-refractivity contribution in [3.63, 3.8) is 0 Å². The third-order valence-electron chi connectivity index (χ3n) is 1.72. The number of amides is 1. The quantitative estimate of drug-likeness (QED) is 0.493. The molecule has 1 atom stereocenters. The van der Waals surface area contributed by atoms with E-state index in [4.69, 9.17) is 9.84 Å². The van der Waals surface area contributed by atoms with E-state index in [1.807, 2.05) is 0 Å². The van der Waals surface area contributed by atoms with E-state index in [2.05, 4.69) is 4.74 Å². The summed E-state index contributed by atoms with van der Waals surface area (Å²) in [6.07, 6.45) is -1.94. The van der Waals surface area contributed by atoms with Gasteiger partial charge in [-0.1, -0.05) is 0 Å². The summed E-state index contributed by atoms with van der Waals surface area (Å²) in [6.45, 7) is 3.23. The largest absolute Gasteiger partial charge is 0.426 e. The molecule has 1 aliphatic rings. The van der Waals surface area contributed by atoms with Gasteiger partial charge in [0.1, 0.15) is 0 Å². The van der Waals surface area contributed by atoms with Crippen LogP contribution in [0.15, 0.2) is 0 Å². The van der Waals surface area contributed by atoms with Gasteiger partial charge in [-0.3, -0.25) is 4.79 Å². The van der Waals surface area contributed by atoms with E-state index in [9.17, 15) is 9.59 Å². The highest BCUT2D eigenvalue weighted by atomic mass is 16.7. The summed E-state index contributed by atoms with van der Waals surface area (Å²) in [6, 6.07) is 0. The van der Waals surface area contributed by atoms with Gasteiger partial charge in [0, 0.05) is 13.8 Å². The molecule has 0 aromatic rings. The number of β-amino-alcohol motifs (C(OH)–C–C–N with tert-alkyl or cyclic N) is 1. The normalized spacial score (nSPS) is 18.4. The Kier molecular flexibility index (Phi) is 3.29. The van der Waals surface area contributed by atoms with Crippen molar-refractivity contribution in [2.75, 3.05) is 13.1 Å². The molecule has 0 aromatic carbocycles. The van der Waals surface area contributed by atoms with Crippen molar-refractivity contribution < 1.29 is 24.2 Å². The summed E-state index contributed by atoms with van der Waals surface area (Å²) in [7, 11) is 0. The second-order valence-corrected chi connectivity index (χ2v) is 3.12. The Morgan fingerprint density at radius 3 is 2.43 bits per heavy atom. The van der Waals surface area contributed by atoms with Gasteiger partial charge >= 0.3 is 12.1 Å². The number of aliphatic hydroxyl groups excluding tert-OH is 1. The molecule has 1 fully saturated rings. The zero-order valence-electron chi connectivity index (χ0n) is 8.10. The van der Waals surface area contributed by atoms with Crippen LogP contribution in [-0.4, -0.2) is 47.6 Å². The number of hydrogen-bond donors (Lipinski definition) is 1. The van der Waals surface area contributed by atoms with Crippen LogP contribution in [0.4, 0.5) is 4.79 Å². The zero-order chi connectivity index (χ0) is 10.7. The number of nitrogens with zero attached hydrogens (tertiary/aromatic N) is 1. The molecule has 0 saturated carbocycles. The Morgan fingerprint density at radius 2 is 2.00 bits per heavy atom. The van der Waals surface area contributed by atoms with Gasteiger partial charge in [-0.15, -0.1) is 0 Å². The van der Waals surface area contributed by atoms with Crippen molar-refractivity contribution in [2.45, 2.75) is 26.2 Å². The predicted octanol–water partition coefficient (Wildman–Crippen LogP) is -0.291. The molecule has 80 valence electrons. The van der Waals surface area contributed by atoms with E-state index < -0.39 is 24.5 Å². The molecule has 14 heavy (non-hydrogen) atoms. The van der Waals surface area contributed by atoms with E-state index in [1.165, 1.54) is 18.7 Å². The molecule has 6 heteroatoms. The standard InChI is InChI=1S/C8H13NO5/c1-5(10)13-6(2)14-8(12)9-3-7(11)4-9/h6-7,11H,3-4H2,1-2H3. The molecule has 0 aromatic heterocycles. The maximum atomic E-state index is 11.2. The summed E-state index contributed by atoms with van der Waals surface area (Å²) < 4.78 is 9.34. The van der Waals surface area contributed by atoms with Crippen LogP contribution in [0.25, 0.3) is 0 Å². The number of esters is 1. The van der Waals surface area contributed by atoms with E-state index in [0.717, 1.165) is 0 Å². The summed E-state index contributed by atoms with van der Waals surface area (Å²) in [5.41, 5.74) is 0. The van der Waals surface area contributed by atoms with Crippen LogP contribution >= 0.6 is 0 Å². The van der Waals surface area contributed by atoms with Crippen LogP contribution in [0.2, 0.25) is 0 Å². The lowest BCUT2D eigenvalue weighted by molar-refractivity contribution is -0.164. The third kappa shape index (κ3) is 2.88. The van der Waals surface area contributed by atoms with Crippen LogP contribution in [0.5, 0.6) is 0 Å². The first-order valence-corrected chi connectivity index (χ1v) is 4.30. The number of likely N-dealkylation sites (tertiary alicyclic amines) is 1. The van der Waals surface area contributed by atoms with Gasteiger partial charge in [-0.2, -0.15) is 0 Å². The van der Waals surface area contributed by atoms with Gasteiger partial charge in [0.2, 0.25) is 6.29 Å². The van der Waals surface area contributed by atoms with Crippen LogP contribution in [0.1, 0.15) is 13.8 Å². The van der Waals surface area contributed by atoms with Crippen molar-refractivity contribution in [1.29, 1.82) is 0 Å². The van der Waals surface area contributed by atoms with Gasteiger partial charge in [-0.25, -0.2) is 4.79 Å². The molecule has 1 amide bonds. The fourth-order valence-electron chi connectivity index (χ4n) is 1.08. The molecule has 1 N–H and O–H groups in total. The minimum absolute atomic E-state index is 0.269. The fraction of sp³-hybridized carbons (Fsp3) is 0.750. The molecule has 1 rings (SSSR count). The minimum Gasteiger partial charge on any atom is -0.426 e. The number of hydrogen-bond acceptors (Lipinski definition) is 5. The molecule has 1 heterocycles. The number of carbonyl (C=O) groups is 2. The Hall–Kier alpha value is -1.30. The van der Waals surface area contributed by atoms with E-state index in [-0.39, 0.29) is 13.1 Å². The van der Waals surface area contributed by atoms with Crippen molar-refractivity contribution >= 4 is 12.1 Å². The van der Waals surface area contributed by atoms with Crippen molar-refractivity contribution in [1.82, 2.24) is 4.90 Å². The summed E-state index contributed by atoms with van der Waals surface area (Å²) in [5, 5.41) is 8.91. The van der Waals surface area contributed by atoms with E-state index in [0.29, 0.717) is 0 Å². The maximum Gasteiger partial charge on any atom is 0.413 e. The van der Waals surface area contributed by atoms with E-state index in [1.54, 1.807) is 0 Å². The SMILES string of the molecule is CC(=O)OC(C)OC(=O)N1CC(O)C1. The highest BCUT2D eigenvalue weighted by Crippen LogP contribution is 2.10. The van der Waals surface area contributed by atoms with Gasteiger partial charge in [-0.05, 0) is 0 Å². The van der Waals surface area contributed by atoms with Crippen LogP contribution in [-0.2, 0) is 14.3 Å². The highest BCUT2D eigenvalue weighted by Gasteiger charge is 2.31. The maximum absolute atomic E-state index is 11.2. The Bertz CT molecular complexity index is 236. The van der Waals surface area contributed by atoms with Gasteiger partial charge < -0.3 is 19.5 Å². The highest BCUT2D eigenvalue weighted by molar-refractivity contribution is 5.69. The Morgan fingerprint density at radius 1 is 1.43 bits per heavy atom. The lowest BCUT2D eigenvalue weighted by Gasteiger charge is -2.35. The first kappa shape index (κ1) is 10.8. The Balaban J connectivity index is 2.23. The molecule has 1 unspecified atom stereocenters. The van der Waals surface area contributed by atoms with Crippen molar-refractivity contribution in [3.05, 3.63) is 0 Å². The first-order valence-electron chi connectivity index (χ1n) is 4.30.